The predicted molar refractivity (Wildman–Crippen MR) is 84.9 cm³/mol. The first-order chi connectivity index (χ1) is 9.70. The van der Waals surface area contributed by atoms with Crippen molar-refractivity contribution in [3.8, 4) is 0 Å². The molecule has 2 rings (SSSR count). The summed E-state index contributed by atoms with van der Waals surface area (Å²) in [5.41, 5.74) is 2.55. The molecule has 1 N–H and O–H groups in total. The SMILES string of the molecule is CCCC(N[C@H](C)c1ccncc1)c1ccc(Cl)cc1. The lowest BCUT2D eigenvalue weighted by Crippen LogP contribution is -2.24. The summed E-state index contributed by atoms with van der Waals surface area (Å²) in [7, 11) is 0. The maximum absolute atomic E-state index is 5.97. The molecule has 0 amide bonds. The zero-order valence-corrected chi connectivity index (χ0v) is 12.8. The van der Waals surface area contributed by atoms with E-state index in [9.17, 15) is 0 Å². The molecule has 2 aromatic rings. The van der Waals surface area contributed by atoms with Crippen LogP contribution in [0.2, 0.25) is 5.02 Å². The summed E-state index contributed by atoms with van der Waals surface area (Å²) in [4.78, 5) is 4.07. The van der Waals surface area contributed by atoms with Gasteiger partial charge in [0.25, 0.3) is 0 Å². The summed E-state index contributed by atoms with van der Waals surface area (Å²) in [6, 6.07) is 12.9. The van der Waals surface area contributed by atoms with Gasteiger partial charge in [0, 0.05) is 29.5 Å². The molecule has 1 unspecified atom stereocenters. The van der Waals surface area contributed by atoms with Gasteiger partial charge in [-0.2, -0.15) is 0 Å². The molecule has 106 valence electrons. The Morgan fingerprint density at radius 2 is 1.70 bits per heavy atom. The molecule has 0 saturated carbocycles. The van der Waals surface area contributed by atoms with Crippen LogP contribution in [-0.2, 0) is 0 Å². The zero-order valence-electron chi connectivity index (χ0n) is 12.0. The van der Waals surface area contributed by atoms with Gasteiger partial charge in [0.05, 0.1) is 0 Å². The predicted octanol–water partition coefficient (Wildman–Crippen LogP) is 4.93. The largest absolute Gasteiger partial charge is 0.303 e. The maximum atomic E-state index is 5.97. The van der Waals surface area contributed by atoms with Crippen LogP contribution in [0.25, 0.3) is 0 Å². The Labute approximate surface area is 126 Å². The highest BCUT2D eigenvalue weighted by molar-refractivity contribution is 6.30. The lowest BCUT2D eigenvalue weighted by atomic mass is 10.00. The molecule has 0 aliphatic carbocycles. The number of benzene rings is 1. The van der Waals surface area contributed by atoms with Crippen LogP contribution < -0.4 is 5.32 Å². The number of nitrogens with zero attached hydrogens (tertiary/aromatic N) is 1. The minimum Gasteiger partial charge on any atom is -0.303 e. The third-order valence-electron chi connectivity index (χ3n) is 3.51. The molecule has 0 bridgehead atoms. The van der Waals surface area contributed by atoms with E-state index in [0.29, 0.717) is 12.1 Å². The Balaban J connectivity index is 2.11. The Bertz CT molecular complexity index is 510. The van der Waals surface area contributed by atoms with Crippen molar-refractivity contribution >= 4 is 11.6 Å². The average molecular weight is 289 g/mol. The molecule has 1 aromatic heterocycles. The van der Waals surface area contributed by atoms with Crippen molar-refractivity contribution in [2.45, 2.75) is 38.8 Å². The van der Waals surface area contributed by atoms with Gasteiger partial charge < -0.3 is 5.32 Å². The zero-order chi connectivity index (χ0) is 14.4. The molecule has 0 aliphatic rings. The lowest BCUT2D eigenvalue weighted by Gasteiger charge is -2.24. The quantitative estimate of drug-likeness (QED) is 0.815. The summed E-state index contributed by atoms with van der Waals surface area (Å²) in [5, 5.41) is 4.48. The van der Waals surface area contributed by atoms with Gasteiger partial charge in [0.2, 0.25) is 0 Å². The lowest BCUT2D eigenvalue weighted by molar-refractivity contribution is 0.439. The third-order valence-corrected chi connectivity index (χ3v) is 3.76. The third kappa shape index (κ3) is 4.06. The van der Waals surface area contributed by atoms with Crippen LogP contribution in [0.5, 0.6) is 0 Å². The molecule has 3 heteroatoms. The number of pyridine rings is 1. The van der Waals surface area contributed by atoms with Gasteiger partial charge >= 0.3 is 0 Å². The van der Waals surface area contributed by atoms with Gasteiger partial charge in [-0.05, 0) is 48.7 Å². The van der Waals surface area contributed by atoms with Crippen molar-refractivity contribution < 1.29 is 0 Å². The number of rotatable bonds is 6. The van der Waals surface area contributed by atoms with Crippen LogP contribution in [0.3, 0.4) is 0 Å². The second-order valence-electron chi connectivity index (χ2n) is 5.06. The fourth-order valence-electron chi connectivity index (χ4n) is 2.38. The highest BCUT2D eigenvalue weighted by Crippen LogP contribution is 2.24. The van der Waals surface area contributed by atoms with E-state index in [4.69, 9.17) is 11.6 Å². The van der Waals surface area contributed by atoms with E-state index < -0.39 is 0 Å². The number of halogens is 1. The minimum atomic E-state index is 0.297. The fourth-order valence-corrected chi connectivity index (χ4v) is 2.51. The summed E-state index contributed by atoms with van der Waals surface area (Å²) >= 11 is 5.97. The van der Waals surface area contributed by atoms with E-state index in [0.717, 1.165) is 17.9 Å². The van der Waals surface area contributed by atoms with E-state index in [1.165, 1.54) is 11.1 Å². The highest BCUT2D eigenvalue weighted by atomic mass is 35.5. The summed E-state index contributed by atoms with van der Waals surface area (Å²) in [6.45, 7) is 4.40. The van der Waals surface area contributed by atoms with Crippen molar-refractivity contribution in [3.63, 3.8) is 0 Å². The number of hydrogen-bond donors (Lipinski definition) is 1. The minimum absolute atomic E-state index is 0.297. The molecule has 0 radical (unpaired) electrons. The van der Waals surface area contributed by atoms with Crippen molar-refractivity contribution in [1.29, 1.82) is 0 Å². The van der Waals surface area contributed by atoms with Gasteiger partial charge in [-0.25, -0.2) is 0 Å². The van der Waals surface area contributed by atoms with Crippen LogP contribution in [0.15, 0.2) is 48.8 Å². The summed E-state index contributed by atoms with van der Waals surface area (Å²) < 4.78 is 0. The number of nitrogens with one attached hydrogen (secondary N) is 1. The van der Waals surface area contributed by atoms with E-state index >= 15 is 0 Å². The van der Waals surface area contributed by atoms with Crippen molar-refractivity contribution in [2.75, 3.05) is 0 Å². The molecular weight excluding hydrogens is 268 g/mol. The molecule has 0 spiro atoms. The van der Waals surface area contributed by atoms with Crippen LogP contribution in [0, 0.1) is 0 Å². The number of hydrogen-bond acceptors (Lipinski definition) is 2. The summed E-state index contributed by atoms with van der Waals surface area (Å²) in [5.74, 6) is 0. The molecule has 2 nitrogen and oxygen atoms in total. The van der Waals surface area contributed by atoms with Crippen LogP contribution in [0.4, 0.5) is 0 Å². The van der Waals surface area contributed by atoms with Crippen molar-refractivity contribution in [3.05, 3.63) is 64.9 Å². The molecule has 1 aromatic carbocycles. The molecular formula is C17H21ClN2. The first-order valence-electron chi connectivity index (χ1n) is 7.12. The topological polar surface area (TPSA) is 24.9 Å². The molecule has 20 heavy (non-hydrogen) atoms. The standard InChI is InChI=1S/C17H21ClN2/c1-3-4-17(15-5-7-16(18)8-6-15)20-13(2)14-9-11-19-12-10-14/h5-13,17,20H,3-4H2,1-2H3/t13-,17?/m1/s1. The van der Waals surface area contributed by atoms with E-state index in [2.05, 4.69) is 48.4 Å². The maximum Gasteiger partial charge on any atom is 0.0406 e. The Hall–Kier alpha value is -1.38. The normalized spacial score (nSPS) is 13.9. The molecule has 2 atom stereocenters. The van der Waals surface area contributed by atoms with Gasteiger partial charge in [0.15, 0.2) is 0 Å². The van der Waals surface area contributed by atoms with Crippen LogP contribution in [-0.4, -0.2) is 4.98 Å². The Kier molecular flexibility index (Phi) is 5.57. The van der Waals surface area contributed by atoms with Crippen LogP contribution in [0.1, 0.15) is 49.9 Å². The smallest absolute Gasteiger partial charge is 0.0406 e. The van der Waals surface area contributed by atoms with E-state index in [1.807, 2.05) is 24.5 Å². The second-order valence-corrected chi connectivity index (χ2v) is 5.50. The number of aromatic nitrogens is 1. The fraction of sp³-hybridized carbons (Fsp3) is 0.353. The van der Waals surface area contributed by atoms with Gasteiger partial charge in [-0.3, -0.25) is 4.98 Å². The van der Waals surface area contributed by atoms with Gasteiger partial charge in [0.1, 0.15) is 0 Å². The van der Waals surface area contributed by atoms with Crippen LogP contribution >= 0.6 is 11.6 Å². The second kappa shape index (κ2) is 7.41. The first-order valence-corrected chi connectivity index (χ1v) is 7.50. The average Bonchev–Trinajstić information content (AvgIpc) is 2.48. The van der Waals surface area contributed by atoms with Gasteiger partial charge in [-0.15, -0.1) is 0 Å². The highest BCUT2D eigenvalue weighted by Gasteiger charge is 2.14. The molecule has 0 aliphatic heterocycles. The van der Waals surface area contributed by atoms with Crippen molar-refractivity contribution in [1.82, 2.24) is 10.3 Å². The Morgan fingerprint density at radius 1 is 1.05 bits per heavy atom. The van der Waals surface area contributed by atoms with E-state index in [-0.39, 0.29) is 0 Å². The molecule has 0 fully saturated rings. The van der Waals surface area contributed by atoms with Gasteiger partial charge in [-0.1, -0.05) is 37.1 Å². The monoisotopic (exact) mass is 288 g/mol. The molecule has 1 heterocycles. The summed E-state index contributed by atoms with van der Waals surface area (Å²) in [6.07, 6.45) is 5.93. The van der Waals surface area contributed by atoms with E-state index in [1.54, 1.807) is 0 Å². The Morgan fingerprint density at radius 3 is 2.30 bits per heavy atom. The first kappa shape index (κ1) is 15.0. The molecule has 0 saturated heterocycles. The van der Waals surface area contributed by atoms with Crippen molar-refractivity contribution in [2.24, 2.45) is 0 Å².